The van der Waals surface area contributed by atoms with E-state index in [2.05, 4.69) is 58.7 Å². The summed E-state index contributed by atoms with van der Waals surface area (Å²) in [4.78, 5) is 2.59. The van der Waals surface area contributed by atoms with Crippen molar-refractivity contribution >= 4 is 0 Å². The Bertz CT molecular complexity index is 664. The van der Waals surface area contributed by atoms with Gasteiger partial charge in [0.2, 0.25) is 0 Å². The molecule has 1 unspecified atom stereocenters. The van der Waals surface area contributed by atoms with Crippen LogP contribution in [0.3, 0.4) is 0 Å². The fourth-order valence-electron chi connectivity index (χ4n) is 4.11. The first-order valence-corrected chi connectivity index (χ1v) is 9.00. The Morgan fingerprint density at radius 2 is 1.70 bits per heavy atom. The van der Waals surface area contributed by atoms with Gasteiger partial charge in [0.1, 0.15) is 0 Å². The maximum absolute atomic E-state index is 3.81. The van der Waals surface area contributed by atoms with Gasteiger partial charge in [-0.05, 0) is 47.9 Å². The minimum Gasteiger partial charge on any atom is -0.309 e. The van der Waals surface area contributed by atoms with Crippen molar-refractivity contribution in [3.05, 3.63) is 70.8 Å². The molecular weight excluding hydrogens is 280 g/mol. The Morgan fingerprint density at radius 3 is 2.61 bits per heavy atom. The molecule has 2 aliphatic rings. The molecule has 120 valence electrons. The highest BCUT2D eigenvalue weighted by atomic mass is 15.1. The number of rotatable bonds is 4. The van der Waals surface area contributed by atoms with E-state index in [0.717, 1.165) is 19.6 Å². The molecule has 2 aromatic rings. The van der Waals surface area contributed by atoms with Gasteiger partial charge in [0.15, 0.2) is 0 Å². The van der Waals surface area contributed by atoms with Crippen LogP contribution in [0, 0.1) is 0 Å². The van der Waals surface area contributed by atoms with E-state index in [4.69, 9.17) is 0 Å². The van der Waals surface area contributed by atoms with E-state index in [0.29, 0.717) is 6.04 Å². The zero-order valence-corrected chi connectivity index (χ0v) is 13.8. The Morgan fingerprint density at radius 1 is 0.913 bits per heavy atom. The fourth-order valence-corrected chi connectivity index (χ4v) is 4.11. The number of hydrogen-bond donors (Lipinski definition) is 1. The molecule has 0 bridgehead atoms. The summed E-state index contributed by atoms with van der Waals surface area (Å²) >= 11 is 0. The lowest BCUT2D eigenvalue weighted by Gasteiger charge is -2.31. The van der Waals surface area contributed by atoms with Gasteiger partial charge in [-0.2, -0.15) is 0 Å². The molecule has 0 radical (unpaired) electrons. The standard InChI is InChI=1S/C21H26N2/c1-2-8-19-16-23(14-12-17(19)6-1)15-13-22-21-11-5-9-18-7-3-4-10-20(18)21/h1-4,6-8,10,21-22H,5,9,11-16H2. The minimum absolute atomic E-state index is 0.553. The molecule has 0 aromatic heterocycles. The van der Waals surface area contributed by atoms with Gasteiger partial charge in [-0.25, -0.2) is 0 Å². The highest BCUT2D eigenvalue weighted by Gasteiger charge is 2.20. The van der Waals surface area contributed by atoms with Gasteiger partial charge < -0.3 is 5.32 Å². The van der Waals surface area contributed by atoms with E-state index in [1.54, 1.807) is 5.56 Å². The molecule has 1 heterocycles. The lowest BCUT2D eigenvalue weighted by molar-refractivity contribution is 0.248. The lowest BCUT2D eigenvalue weighted by Crippen LogP contribution is -2.37. The number of hydrogen-bond acceptors (Lipinski definition) is 2. The van der Waals surface area contributed by atoms with Gasteiger partial charge in [0.25, 0.3) is 0 Å². The van der Waals surface area contributed by atoms with Crippen molar-refractivity contribution in [2.24, 2.45) is 0 Å². The third kappa shape index (κ3) is 3.34. The molecule has 2 aromatic carbocycles. The summed E-state index contributed by atoms with van der Waals surface area (Å²) in [6.07, 6.45) is 5.03. The number of fused-ring (bicyclic) bond motifs is 2. The van der Waals surface area contributed by atoms with Crippen LogP contribution in [-0.2, 0) is 19.4 Å². The second kappa shape index (κ2) is 6.86. The molecule has 0 spiro atoms. The van der Waals surface area contributed by atoms with Crippen LogP contribution >= 0.6 is 0 Å². The first kappa shape index (κ1) is 14.9. The predicted octanol–water partition coefficient (Wildman–Crippen LogP) is 3.71. The molecule has 1 atom stereocenters. The summed E-state index contributed by atoms with van der Waals surface area (Å²) in [5.74, 6) is 0. The Kier molecular flexibility index (Phi) is 4.45. The molecule has 1 aliphatic carbocycles. The van der Waals surface area contributed by atoms with Crippen LogP contribution in [0.15, 0.2) is 48.5 Å². The lowest BCUT2D eigenvalue weighted by atomic mass is 9.88. The van der Waals surface area contributed by atoms with Crippen molar-refractivity contribution in [2.75, 3.05) is 19.6 Å². The average molecular weight is 306 g/mol. The van der Waals surface area contributed by atoms with E-state index >= 15 is 0 Å². The SMILES string of the molecule is c1ccc2c(c1)CCN(CCNC1CCCc3ccccc31)C2. The maximum Gasteiger partial charge on any atom is 0.0323 e. The van der Waals surface area contributed by atoms with E-state index in [-0.39, 0.29) is 0 Å². The van der Waals surface area contributed by atoms with Crippen LogP contribution in [-0.4, -0.2) is 24.5 Å². The Labute approximate surface area is 139 Å². The first-order valence-electron chi connectivity index (χ1n) is 9.00. The zero-order chi connectivity index (χ0) is 15.5. The predicted molar refractivity (Wildman–Crippen MR) is 95.5 cm³/mol. The van der Waals surface area contributed by atoms with E-state index in [1.807, 2.05) is 0 Å². The molecule has 0 saturated heterocycles. The summed E-state index contributed by atoms with van der Waals surface area (Å²) in [6, 6.07) is 18.4. The molecule has 0 fully saturated rings. The van der Waals surface area contributed by atoms with Crippen molar-refractivity contribution in [2.45, 2.75) is 38.3 Å². The zero-order valence-electron chi connectivity index (χ0n) is 13.8. The monoisotopic (exact) mass is 306 g/mol. The van der Waals surface area contributed by atoms with Gasteiger partial charge in [-0.3, -0.25) is 4.90 Å². The summed E-state index contributed by atoms with van der Waals surface area (Å²) in [7, 11) is 0. The molecule has 1 aliphatic heterocycles. The topological polar surface area (TPSA) is 15.3 Å². The summed E-state index contributed by atoms with van der Waals surface area (Å²) in [5, 5.41) is 3.81. The fraction of sp³-hybridized carbons (Fsp3) is 0.429. The van der Waals surface area contributed by atoms with Crippen molar-refractivity contribution in [3.8, 4) is 0 Å². The van der Waals surface area contributed by atoms with Crippen LogP contribution in [0.25, 0.3) is 0 Å². The van der Waals surface area contributed by atoms with Gasteiger partial charge >= 0.3 is 0 Å². The van der Waals surface area contributed by atoms with Crippen LogP contribution in [0.5, 0.6) is 0 Å². The Balaban J connectivity index is 1.32. The highest BCUT2D eigenvalue weighted by Crippen LogP contribution is 2.29. The van der Waals surface area contributed by atoms with Crippen LogP contribution < -0.4 is 5.32 Å². The number of nitrogens with one attached hydrogen (secondary N) is 1. The number of aryl methyl sites for hydroxylation is 1. The molecule has 2 nitrogen and oxygen atoms in total. The van der Waals surface area contributed by atoms with Gasteiger partial charge in [0.05, 0.1) is 0 Å². The molecule has 4 rings (SSSR count). The molecular formula is C21H26N2. The van der Waals surface area contributed by atoms with Crippen molar-refractivity contribution in [1.29, 1.82) is 0 Å². The molecule has 0 saturated carbocycles. The normalized spacial score (nSPS) is 20.8. The third-order valence-electron chi connectivity index (χ3n) is 5.40. The second-order valence-corrected chi connectivity index (χ2v) is 6.89. The first-order chi connectivity index (χ1) is 11.4. The molecule has 1 N–H and O–H groups in total. The maximum atomic E-state index is 3.81. The largest absolute Gasteiger partial charge is 0.309 e. The van der Waals surface area contributed by atoms with Gasteiger partial charge in [0, 0.05) is 32.2 Å². The highest BCUT2D eigenvalue weighted by molar-refractivity contribution is 5.32. The Hall–Kier alpha value is -1.64. The van der Waals surface area contributed by atoms with Crippen LogP contribution in [0.1, 0.15) is 41.1 Å². The molecule has 23 heavy (non-hydrogen) atoms. The minimum atomic E-state index is 0.553. The summed E-state index contributed by atoms with van der Waals surface area (Å²) < 4.78 is 0. The van der Waals surface area contributed by atoms with E-state index in [9.17, 15) is 0 Å². The molecule has 0 amide bonds. The van der Waals surface area contributed by atoms with Crippen molar-refractivity contribution in [3.63, 3.8) is 0 Å². The van der Waals surface area contributed by atoms with Gasteiger partial charge in [-0.1, -0.05) is 48.5 Å². The number of nitrogens with zero attached hydrogens (tertiary/aromatic N) is 1. The summed E-state index contributed by atoms with van der Waals surface area (Å²) in [5.41, 5.74) is 6.13. The summed E-state index contributed by atoms with van der Waals surface area (Å²) in [6.45, 7) is 4.53. The van der Waals surface area contributed by atoms with Gasteiger partial charge in [-0.15, -0.1) is 0 Å². The van der Waals surface area contributed by atoms with E-state index in [1.165, 1.54) is 48.9 Å². The number of benzene rings is 2. The second-order valence-electron chi connectivity index (χ2n) is 6.89. The van der Waals surface area contributed by atoms with Crippen LogP contribution in [0.4, 0.5) is 0 Å². The average Bonchev–Trinajstić information content (AvgIpc) is 2.62. The van der Waals surface area contributed by atoms with Crippen LogP contribution in [0.2, 0.25) is 0 Å². The van der Waals surface area contributed by atoms with Crippen molar-refractivity contribution in [1.82, 2.24) is 10.2 Å². The smallest absolute Gasteiger partial charge is 0.0323 e. The third-order valence-corrected chi connectivity index (χ3v) is 5.40. The quantitative estimate of drug-likeness (QED) is 0.926. The molecule has 2 heteroatoms. The van der Waals surface area contributed by atoms with E-state index < -0.39 is 0 Å². The van der Waals surface area contributed by atoms with Crippen molar-refractivity contribution < 1.29 is 0 Å².